The molecule has 1 aromatic carbocycles. The Bertz CT molecular complexity index is 562. The molecule has 0 bridgehead atoms. The molecule has 26 heavy (non-hydrogen) atoms. The predicted molar refractivity (Wildman–Crippen MR) is 107 cm³/mol. The lowest BCUT2D eigenvalue weighted by atomic mass is 10.2. The Balaban J connectivity index is 1.51. The third-order valence-corrected chi connectivity index (χ3v) is 6.03. The van der Waals surface area contributed by atoms with E-state index in [0.717, 1.165) is 49.5 Å². The summed E-state index contributed by atoms with van der Waals surface area (Å²) >= 11 is 1.98. The normalized spacial score (nSPS) is 19.5. The number of β-amino-alcohol motifs (C(OH)–C–C–N with tert-alkyl or cyclic N) is 1. The van der Waals surface area contributed by atoms with E-state index < -0.39 is 6.10 Å². The van der Waals surface area contributed by atoms with Crippen LogP contribution in [-0.2, 0) is 6.54 Å². The van der Waals surface area contributed by atoms with Crippen molar-refractivity contribution in [3.8, 4) is 11.5 Å². The van der Waals surface area contributed by atoms with E-state index in [-0.39, 0.29) is 0 Å². The highest BCUT2D eigenvalue weighted by atomic mass is 32.2. The predicted octanol–water partition coefficient (Wildman–Crippen LogP) is 2.47. The largest absolute Gasteiger partial charge is 0.493 e. The average Bonchev–Trinajstić information content (AvgIpc) is 3.50. The number of hydrogen-bond acceptors (Lipinski definition) is 6. The van der Waals surface area contributed by atoms with Crippen molar-refractivity contribution in [1.82, 2.24) is 9.80 Å². The Morgan fingerprint density at radius 2 is 2.04 bits per heavy atom. The van der Waals surface area contributed by atoms with E-state index in [4.69, 9.17) is 9.47 Å². The van der Waals surface area contributed by atoms with Crippen molar-refractivity contribution >= 4 is 11.8 Å². The maximum Gasteiger partial charge on any atom is 0.161 e. The van der Waals surface area contributed by atoms with Gasteiger partial charge < -0.3 is 14.6 Å². The van der Waals surface area contributed by atoms with Crippen LogP contribution in [0.1, 0.15) is 25.3 Å². The molecule has 0 spiro atoms. The Morgan fingerprint density at radius 3 is 2.69 bits per heavy atom. The van der Waals surface area contributed by atoms with Gasteiger partial charge in [0.1, 0.15) is 12.7 Å². The number of thioether (sulfide) groups is 1. The molecule has 1 unspecified atom stereocenters. The summed E-state index contributed by atoms with van der Waals surface area (Å²) < 4.78 is 11.4. The molecule has 2 aliphatic rings. The first-order valence-corrected chi connectivity index (χ1v) is 10.9. The molecule has 0 aromatic heterocycles. The Labute approximate surface area is 161 Å². The van der Waals surface area contributed by atoms with Gasteiger partial charge in [0.25, 0.3) is 0 Å². The van der Waals surface area contributed by atoms with Gasteiger partial charge in [0.15, 0.2) is 11.5 Å². The van der Waals surface area contributed by atoms with Crippen LogP contribution in [0, 0.1) is 0 Å². The van der Waals surface area contributed by atoms with Crippen LogP contribution >= 0.6 is 11.8 Å². The monoisotopic (exact) mass is 380 g/mol. The molecule has 146 valence electrons. The summed E-state index contributed by atoms with van der Waals surface area (Å²) in [6.07, 6.45) is 2.16. The van der Waals surface area contributed by atoms with E-state index in [9.17, 15) is 5.11 Å². The van der Waals surface area contributed by atoms with Gasteiger partial charge >= 0.3 is 0 Å². The van der Waals surface area contributed by atoms with Gasteiger partial charge in [0, 0.05) is 43.7 Å². The van der Waals surface area contributed by atoms with Crippen LogP contribution in [0.25, 0.3) is 0 Å². The summed E-state index contributed by atoms with van der Waals surface area (Å²) in [5, 5.41) is 10.3. The second-order valence-corrected chi connectivity index (χ2v) is 8.38. The lowest BCUT2D eigenvalue weighted by Crippen LogP contribution is -2.40. The molecular formula is C20H32N2O3S. The number of aliphatic hydroxyl groups excluding tert-OH is 1. The van der Waals surface area contributed by atoms with E-state index in [1.165, 1.54) is 18.4 Å². The lowest BCUT2D eigenvalue weighted by Gasteiger charge is -2.28. The summed E-state index contributed by atoms with van der Waals surface area (Å²) in [5.74, 6) is 3.76. The summed E-state index contributed by atoms with van der Waals surface area (Å²) in [4.78, 5) is 4.82. The average molecular weight is 381 g/mol. The number of methoxy groups -OCH3 is 1. The standard InChI is InChI=1S/C20H32N2O3S/c1-3-22(17-5-6-17)13-16-4-7-19(20(12-16)24-2)25-15-18(23)14-21-8-10-26-11-9-21/h4,7,12,17-18,23H,3,5-6,8-11,13-15H2,1-2H3. The number of hydrogen-bond donors (Lipinski definition) is 1. The maximum atomic E-state index is 10.3. The van der Waals surface area contributed by atoms with Gasteiger partial charge in [0.2, 0.25) is 0 Å². The van der Waals surface area contributed by atoms with Crippen LogP contribution in [0.2, 0.25) is 0 Å². The molecule has 2 fully saturated rings. The molecule has 1 aliphatic heterocycles. The van der Waals surface area contributed by atoms with Crippen molar-refractivity contribution in [2.24, 2.45) is 0 Å². The van der Waals surface area contributed by atoms with Crippen molar-refractivity contribution in [1.29, 1.82) is 0 Å². The summed E-state index contributed by atoms with van der Waals surface area (Å²) in [6.45, 7) is 7.31. The van der Waals surface area contributed by atoms with Crippen LogP contribution in [0.4, 0.5) is 0 Å². The fraction of sp³-hybridized carbons (Fsp3) is 0.700. The van der Waals surface area contributed by atoms with Gasteiger partial charge in [-0.25, -0.2) is 0 Å². The smallest absolute Gasteiger partial charge is 0.161 e. The first kappa shape index (κ1) is 19.8. The van der Waals surface area contributed by atoms with Crippen molar-refractivity contribution in [2.45, 2.75) is 38.5 Å². The Hall–Kier alpha value is -0.950. The van der Waals surface area contributed by atoms with Gasteiger partial charge in [-0.2, -0.15) is 11.8 Å². The third-order valence-electron chi connectivity index (χ3n) is 5.09. The lowest BCUT2D eigenvalue weighted by molar-refractivity contribution is 0.0704. The first-order valence-electron chi connectivity index (χ1n) is 9.71. The molecule has 1 N–H and O–H groups in total. The van der Waals surface area contributed by atoms with Crippen LogP contribution in [0.5, 0.6) is 11.5 Å². The van der Waals surface area contributed by atoms with E-state index in [2.05, 4.69) is 28.9 Å². The van der Waals surface area contributed by atoms with Crippen molar-refractivity contribution in [3.63, 3.8) is 0 Å². The van der Waals surface area contributed by atoms with Gasteiger partial charge in [0.05, 0.1) is 7.11 Å². The van der Waals surface area contributed by atoms with E-state index in [1.807, 2.05) is 17.8 Å². The van der Waals surface area contributed by atoms with Gasteiger partial charge in [-0.1, -0.05) is 13.0 Å². The second kappa shape index (κ2) is 9.83. The number of rotatable bonds is 10. The molecule has 5 nitrogen and oxygen atoms in total. The quantitative estimate of drug-likeness (QED) is 0.673. The molecule has 0 amide bonds. The molecule has 1 atom stereocenters. The van der Waals surface area contributed by atoms with E-state index in [1.54, 1.807) is 7.11 Å². The van der Waals surface area contributed by atoms with Crippen molar-refractivity contribution < 1.29 is 14.6 Å². The molecule has 6 heteroatoms. The molecule has 1 aromatic rings. The number of benzene rings is 1. The van der Waals surface area contributed by atoms with Crippen molar-refractivity contribution in [3.05, 3.63) is 23.8 Å². The summed E-state index contributed by atoms with van der Waals surface area (Å²) in [5.41, 5.74) is 1.24. The molecule has 1 heterocycles. The highest BCUT2D eigenvalue weighted by molar-refractivity contribution is 7.99. The first-order chi connectivity index (χ1) is 12.7. The highest BCUT2D eigenvalue weighted by Crippen LogP contribution is 2.31. The van der Waals surface area contributed by atoms with Gasteiger partial charge in [-0.3, -0.25) is 9.80 Å². The summed E-state index contributed by atoms with van der Waals surface area (Å²) in [7, 11) is 1.67. The molecule has 3 rings (SSSR count). The minimum Gasteiger partial charge on any atom is -0.493 e. The molecule has 0 radical (unpaired) electrons. The number of aliphatic hydroxyl groups is 1. The minimum atomic E-state index is -0.479. The van der Waals surface area contributed by atoms with Crippen LogP contribution < -0.4 is 9.47 Å². The SMILES string of the molecule is CCN(Cc1ccc(OCC(O)CN2CCSCC2)c(OC)c1)C1CC1. The zero-order valence-corrected chi connectivity index (χ0v) is 16.8. The highest BCUT2D eigenvalue weighted by Gasteiger charge is 2.27. The zero-order valence-electron chi connectivity index (χ0n) is 16.0. The van der Waals surface area contributed by atoms with Crippen molar-refractivity contribution in [2.75, 3.05) is 51.4 Å². The van der Waals surface area contributed by atoms with E-state index >= 15 is 0 Å². The minimum absolute atomic E-state index is 0.294. The maximum absolute atomic E-state index is 10.3. The molecule has 1 saturated carbocycles. The van der Waals surface area contributed by atoms with Gasteiger partial charge in [-0.05, 0) is 37.1 Å². The zero-order chi connectivity index (χ0) is 18.4. The molecule has 1 saturated heterocycles. The van der Waals surface area contributed by atoms with Crippen LogP contribution in [0.3, 0.4) is 0 Å². The molecular weight excluding hydrogens is 348 g/mol. The topological polar surface area (TPSA) is 45.2 Å². The fourth-order valence-electron chi connectivity index (χ4n) is 3.42. The van der Waals surface area contributed by atoms with Gasteiger partial charge in [-0.15, -0.1) is 0 Å². The Kier molecular flexibility index (Phi) is 7.49. The fourth-order valence-corrected chi connectivity index (χ4v) is 4.40. The second-order valence-electron chi connectivity index (χ2n) is 7.16. The Morgan fingerprint density at radius 1 is 1.27 bits per heavy atom. The third kappa shape index (κ3) is 5.78. The summed E-state index contributed by atoms with van der Waals surface area (Å²) in [6, 6.07) is 6.90. The number of ether oxygens (including phenoxy) is 2. The molecule has 1 aliphatic carbocycles. The van der Waals surface area contributed by atoms with Crippen LogP contribution in [0.15, 0.2) is 18.2 Å². The number of nitrogens with zero attached hydrogens (tertiary/aromatic N) is 2. The van der Waals surface area contributed by atoms with E-state index in [0.29, 0.717) is 18.9 Å². The van der Waals surface area contributed by atoms with Crippen LogP contribution in [-0.4, -0.2) is 78.5 Å².